The smallest absolute Gasteiger partial charge is 0.00313 e. The number of alkyl halides is 1. The van der Waals surface area contributed by atoms with Gasteiger partial charge < -0.3 is 5.48 Å². The fourth-order valence-electron chi connectivity index (χ4n) is 1.58. The Kier molecular flexibility index (Phi) is 19.1. The van der Waals surface area contributed by atoms with Crippen LogP contribution in [-0.4, -0.2) is 10.8 Å². The zero-order valence-corrected chi connectivity index (χ0v) is 11.2. The Balaban J connectivity index is 0. The first-order valence-corrected chi connectivity index (χ1v) is 7.10. The topological polar surface area (TPSA) is 31.5 Å². The molecule has 0 fully saturated rings. The largest absolute Gasteiger partial charge is 0.412 e. The van der Waals surface area contributed by atoms with E-state index in [9.17, 15) is 0 Å². The highest BCUT2D eigenvalue weighted by atomic mass is 79.9. The van der Waals surface area contributed by atoms with Crippen molar-refractivity contribution in [3.8, 4) is 0 Å². The minimum absolute atomic E-state index is 0. The molecule has 0 radical (unpaired) electrons. The molecule has 14 heavy (non-hydrogen) atoms. The summed E-state index contributed by atoms with van der Waals surface area (Å²) in [5, 5.41) is 1.18. The van der Waals surface area contributed by atoms with E-state index in [4.69, 9.17) is 0 Å². The van der Waals surface area contributed by atoms with Crippen LogP contribution in [0.2, 0.25) is 0 Å². The molecule has 0 aromatic heterocycles. The van der Waals surface area contributed by atoms with Gasteiger partial charge >= 0.3 is 0 Å². The zero-order chi connectivity index (χ0) is 9.78. The Bertz CT molecular complexity index is 76.4. The molecule has 88 valence electrons. The Morgan fingerprint density at radius 1 is 0.643 bits per heavy atom. The molecule has 0 unspecified atom stereocenters. The first kappa shape index (κ1) is 16.9. The van der Waals surface area contributed by atoms with Crippen LogP contribution in [0.3, 0.4) is 0 Å². The summed E-state index contributed by atoms with van der Waals surface area (Å²) in [5.74, 6) is 0. The van der Waals surface area contributed by atoms with Crippen LogP contribution in [0.25, 0.3) is 0 Å². The van der Waals surface area contributed by atoms with Crippen molar-refractivity contribution in [3.63, 3.8) is 0 Å². The maximum atomic E-state index is 3.46. The summed E-state index contributed by atoms with van der Waals surface area (Å²) in [6.45, 7) is 2.28. The second-order valence-corrected chi connectivity index (χ2v) is 4.66. The second-order valence-electron chi connectivity index (χ2n) is 3.87. The summed E-state index contributed by atoms with van der Waals surface area (Å²) in [6.07, 6.45) is 14.3. The Morgan fingerprint density at radius 2 is 1.00 bits per heavy atom. The minimum atomic E-state index is 0. The van der Waals surface area contributed by atoms with Gasteiger partial charge in [-0.2, -0.15) is 0 Å². The van der Waals surface area contributed by atoms with Crippen molar-refractivity contribution in [1.29, 1.82) is 0 Å². The van der Waals surface area contributed by atoms with Crippen LogP contribution in [0, 0.1) is 0 Å². The minimum Gasteiger partial charge on any atom is -0.412 e. The first-order chi connectivity index (χ1) is 6.41. The summed E-state index contributed by atoms with van der Waals surface area (Å²) in [5.41, 5.74) is 0. The second kappa shape index (κ2) is 15.9. The Labute approximate surface area is 98.1 Å². The van der Waals surface area contributed by atoms with E-state index in [1.165, 1.54) is 69.5 Å². The van der Waals surface area contributed by atoms with Gasteiger partial charge in [0.15, 0.2) is 0 Å². The molecule has 2 heteroatoms. The van der Waals surface area contributed by atoms with Crippen LogP contribution in [0.15, 0.2) is 0 Å². The monoisotopic (exact) mass is 266 g/mol. The van der Waals surface area contributed by atoms with Gasteiger partial charge in [0.05, 0.1) is 0 Å². The molecule has 0 aliphatic carbocycles. The third-order valence-electron chi connectivity index (χ3n) is 2.49. The van der Waals surface area contributed by atoms with E-state index in [1.807, 2.05) is 0 Å². The predicted octanol–water partition coefficient (Wildman–Crippen LogP) is 4.48. The maximum absolute atomic E-state index is 3.46. The normalized spacial score (nSPS) is 9.86. The highest BCUT2D eigenvalue weighted by molar-refractivity contribution is 9.09. The van der Waals surface area contributed by atoms with Crippen molar-refractivity contribution in [2.45, 2.75) is 71.1 Å². The highest BCUT2D eigenvalue weighted by Gasteiger charge is 1.91. The third kappa shape index (κ3) is 14.9. The van der Waals surface area contributed by atoms with E-state index in [-0.39, 0.29) is 5.48 Å². The average molecular weight is 267 g/mol. The summed E-state index contributed by atoms with van der Waals surface area (Å²) < 4.78 is 0. The Morgan fingerprint density at radius 3 is 1.36 bits per heavy atom. The van der Waals surface area contributed by atoms with Crippen LogP contribution in [0.1, 0.15) is 71.1 Å². The maximum Gasteiger partial charge on any atom is 0.00313 e. The Hall–Kier alpha value is 0.440. The lowest BCUT2D eigenvalue weighted by atomic mass is 10.1. The first-order valence-electron chi connectivity index (χ1n) is 5.97. The van der Waals surface area contributed by atoms with Gasteiger partial charge in [0.25, 0.3) is 0 Å². The fraction of sp³-hybridized carbons (Fsp3) is 1.00. The van der Waals surface area contributed by atoms with E-state index < -0.39 is 0 Å². The number of hydrogen-bond acceptors (Lipinski definition) is 0. The van der Waals surface area contributed by atoms with Gasteiger partial charge in [0.1, 0.15) is 0 Å². The summed E-state index contributed by atoms with van der Waals surface area (Å²) >= 11 is 3.46. The van der Waals surface area contributed by atoms with E-state index in [2.05, 4.69) is 22.9 Å². The van der Waals surface area contributed by atoms with Crippen molar-refractivity contribution in [3.05, 3.63) is 0 Å². The van der Waals surface area contributed by atoms with Crippen LogP contribution in [0.4, 0.5) is 0 Å². The molecule has 0 spiro atoms. The lowest BCUT2D eigenvalue weighted by Gasteiger charge is -2.00. The van der Waals surface area contributed by atoms with Gasteiger partial charge in [-0.25, -0.2) is 0 Å². The lowest BCUT2D eigenvalue weighted by Crippen LogP contribution is -1.81. The molecule has 1 nitrogen and oxygen atoms in total. The SMILES string of the molecule is CCCCCCCCCCCCBr.O. The molecule has 0 rings (SSSR count). The van der Waals surface area contributed by atoms with Gasteiger partial charge in [-0.1, -0.05) is 80.6 Å². The summed E-state index contributed by atoms with van der Waals surface area (Å²) in [4.78, 5) is 0. The molecule has 0 aromatic carbocycles. The number of unbranched alkanes of at least 4 members (excludes halogenated alkanes) is 9. The van der Waals surface area contributed by atoms with Crippen LogP contribution in [0.5, 0.6) is 0 Å². The molecule has 0 heterocycles. The molecular formula is C12H27BrO. The molecule has 0 aliphatic rings. The quantitative estimate of drug-likeness (QED) is 0.413. The van der Waals surface area contributed by atoms with Gasteiger partial charge in [-0.3, -0.25) is 0 Å². The fourth-order valence-corrected chi connectivity index (χ4v) is 1.98. The molecule has 0 saturated carbocycles. The summed E-state index contributed by atoms with van der Waals surface area (Å²) in [7, 11) is 0. The average Bonchev–Trinajstić information content (AvgIpc) is 2.16. The van der Waals surface area contributed by atoms with Gasteiger partial charge in [-0.15, -0.1) is 0 Å². The van der Waals surface area contributed by atoms with Crippen LogP contribution >= 0.6 is 15.9 Å². The number of halogens is 1. The van der Waals surface area contributed by atoms with Crippen LogP contribution in [-0.2, 0) is 0 Å². The summed E-state index contributed by atoms with van der Waals surface area (Å²) in [6, 6.07) is 0. The highest BCUT2D eigenvalue weighted by Crippen LogP contribution is 2.10. The van der Waals surface area contributed by atoms with E-state index >= 15 is 0 Å². The molecule has 0 atom stereocenters. The molecular weight excluding hydrogens is 240 g/mol. The molecule has 0 amide bonds. The van der Waals surface area contributed by atoms with Crippen LogP contribution < -0.4 is 0 Å². The van der Waals surface area contributed by atoms with E-state index in [0.717, 1.165) is 0 Å². The van der Waals surface area contributed by atoms with Gasteiger partial charge in [0.2, 0.25) is 0 Å². The van der Waals surface area contributed by atoms with Crippen molar-refractivity contribution in [1.82, 2.24) is 0 Å². The number of hydrogen-bond donors (Lipinski definition) is 0. The van der Waals surface area contributed by atoms with Crippen molar-refractivity contribution < 1.29 is 5.48 Å². The molecule has 2 N–H and O–H groups in total. The van der Waals surface area contributed by atoms with E-state index in [0.29, 0.717) is 0 Å². The molecule has 0 aliphatic heterocycles. The number of rotatable bonds is 10. The van der Waals surface area contributed by atoms with Crippen molar-refractivity contribution >= 4 is 15.9 Å². The van der Waals surface area contributed by atoms with Gasteiger partial charge in [0, 0.05) is 5.33 Å². The molecule has 0 saturated heterocycles. The van der Waals surface area contributed by atoms with E-state index in [1.54, 1.807) is 0 Å². The predicted molar refractivity (Wildman–Crippen MR) is 69.3 cm³/mol. The van der Waals surface area contributed by atoms with Crippen molar-refractivity contribution in [2.75, 3.05) is 5.33 Å². The standard InChI is InChI=1S/C12H25Br.H2O/c1-2-3-4-5-6-7-8-9-10-11-12-13;/h2-12H2,1H3;1H2. The third-order valence-corrected chi connectivity index (χ3v) is 3.05. The van der Waals surface area contributed by atoms with Gasteiger partial charge in [-0.05, 0) is 6.42 Å². The lowest BCUT2D eigenvalue weighted by molar-refractivity contribution is 0.563. The molecule has 0 bridgehead atoms. The van der Waals surface area contributed by atoms with Crippen molar-refractivity contribution in [2.24, 2.45) is 0 Å². The molecule has 0 aromatic rings. The zero-order valence-electron chi connectivity index (χ0n) is 9.66.